The fraction of sp³-hybridized carbons (Fsp3) is 0.250. The number of hydrogen-bond donors (Lipinski definition) is 0. The zero-order valence-corrected chi connectivity index (χ0v) is 10.7. The largest absolute Gasteiger partial charge is 0.362 e. The smallest absolute Gasteiger partial charge is 0.137 e. The van der Waals surface area contributed by atoms with E-state index in [1.165, 1.54) is 5.56 Å². The van der Waals surface area contributed by atoms with E-state index >= 15 is 0 Å². The van der Waals surface area contributed by atoms with Crippen LogP contribution in [0.4, 0.5) is 5.69 Å². The van der Waals surface area contributed by atoms with Crippen LogP contribution in [0.1, 0.15) is 24.4 Å². The summed E-state index contributed by atoms with van der Waals surface area (Å²) in [4.78, 5) is 18.2. The van der Waals surface area contributed by atoms with Crippen LogP contribution in [-0.4, -0.2) is 17.3 Å². The summed E-state index contributed by atoms with van der Waals surface area (Å²) in [6.07, 6.45) is 4.85. The van der Waals surface area contributed by atoms with Gasteiger partial charge in [-0.15, -0.1) is 0 Å². The van der Waals surface area contributed by atoms with E-state index in [1.807, 2.05) is 30.5 Å². The van der Waals surface area contributed by atoms with Crippen molar-refractivity contribution < 1.29 is 4.79 Å². The SMILES string of the molecule is O=C1CCN(c2cccnc2)C(c2ccccc2)C1. The lowest BCUT2D eigenvalue weighted by Crippen LogP contribution is -2.37. The molecule has 1 aromatic heterocycles. The van der Waals surface area contributed by atoms with Crippen LogP contribution < -0.4 is 4.90 Å². The third-order valence-corrected chi connectivity index (χ3v) is 3.59. The van der Waals surface area contributed by atoms with Gasteiger partial charge in [0.2, 0.25) is 0 Å². The molecule has 0 N–H and O–H groups in total. The average Bonchev–Trinajstić information content (AvgIpc) is 2.49. The summed E-state index contributed by atoms with van der Waals surface area (Å²) in [6, 6.07) is 14.4. The van der Waals surface area contributed by atoms with Gasteiger partial charge in [0.15, 0.2) is 0 Å². The third kappa shape index (κ3) is 2.50. The Balaban J connectivity index is 1.95. The predicted molar refractivity (Wildman–Crippen MR) is 75.0 cm³/mol. The first kappa shape index (κ1) is 11.9. The van der Waals surface area contributed by atoms with Crippen molar-refractivity contribution in [2.45, 2.75) is 18.9 Å². The number of rotatable bonds is 2. The van der Waals surface area contributed by atoms with Gasteiger partial charge in [-0.2, -0.15) is 0 Å². The van der Waals surface area contributed by atoms with E-state index in [9.17, 15) is 4.79 Å². The molecule has 1 atom stereocenters. The molecule has 2 aromatic rings. The molecule has 0 saturated carbocycles. The number of Topliss-reactive ketones (excluding diaryl/α,β-unsaturated/α-hetero) is 1. The molecular weight excluding hydrogens is 236 g/mol. The first-order valence-electron chi connectivity index (χ1n) is 6.58. The van der Waals surface area contributed by atoms with Gasteiger partial charge in [-0.1, -0.05) is 30.3 Å². The highest BCUT2D eigenvalue weighted by Gasteiger charge is 2.28. The highest BCUT2D eigenvalue weighted by Crippen LogP contribution is 2.33. The maximum absolute atomic E-state index is 11.8. The van der Waals surface area contributed by atoms with Crippen LogP contribution in [0.3, 0.4) is 0 Å². The molecule has 1 fully saturated rings. The van der Waals surface area contributed by atoms with Gasteiger partial charge < -0.3 is 4.90 Å². The Hall–Kier alpha value is -2.16. The van der Waals surface area contributed by atoms with Gasteiger partial charge in [-0.05, 0) is 17.7 Å². The Bertz CT molecular complexity index is 553. The number of pyridine rings is 1. The van der Waals surface area contributed by atoms with Crippen LogP contribution in [0.25, 0.3) is 0 Å². The number of hydrogen-bond acceptors (Lipinski definition) is 3. The summed E-state index contributed by atoms with van der Waals surface area (Å²) in [7, 11) is 0. The van der Waals surface area contributed by atoms with Crippen LogP contribution in [0, 0.1) is 0 Å². The van der Waals surface area contributed by atoms with E-state index in [2.05, 4.69) is 28.1 Å². The average molecular weight is 252 g/mol. The maximum atomic E-state index is 11.8. The monoisotopic (exact) mass is 252 g/mol. The molecule has 1 unspecified atom stereocenters. The second-order valence-electron chi connectivity index (χ2n) is 4.82. The number of nitrogens with zero attached hydrogens (tertiary/aromatic N) is 2. The third-order valence-electron chi connectivity index (χ3n) is 3.59. The Labute approximate surface area is 112 Å². The lowest BCUT2D eigenvalue weighted by atomic mass is 9.94. The molecule has 1 aliphatic rings. The van der Waals surface area contributed by atoms with Crippen molar-refractivity contribution in [2.24, 2.45) is 0 Å². The topological polar surface area (TPSA) is 33.2 Å². The van der Waals surface area contributed by atoms with E-state index in [1.54, 1.807) is 6.20 Å². The van der Waals surface area contributed by atoms with E-state index in [-0.39, 0.29) is 6.04 Å². The molecule has 0 amide bonds. The zero-order valence-electron chi connectivity index (χ0n) is 10.7. The van der Waals surface area contributed by atoms with Crippen LogP contribution >= 0.6 is 0 Å². The summed E-state index contributed by atoms with van der Waals surface area (Å²) in [5, 5.41) is 0. The first-order chi connectivity index (χ1) is 9.34. The minimum atomic E-state index is 0.131. The first-order valence-corrected chi connectivity index (χ1v) is 6.58. The summed E-state index contributed by atoms with van der Waals surface area (Å²) in [5.74, 6) is 0.342. The van der Waals surface area contributed by atoms with Gasteiger partial charge in [0.05, 0.1) is 17.9 Å². The Kier molecular flexibility index (Phi) is 3.27. The lowest BCUT2D eigenvalue weighted by Gasteiger charge is -2.37. The molecule has 0 aliphatic carbocycles. The molecule has 3 heteroatoms. The van der Waals surface area contributed by atoms with Gasteiger partial charge in [-0.25, -0.2) is 0 Å². The van der Waals surface area contributed by atoms with Crippen LogP contribution in [0.2, 0.25) is 0 Å². The number of ketones is 1. The molecule has 0 spiro atoms. The molecule has 1 aromatic carbocycles. The Morgan fingerprint density at radius 1 is 1.11 bits per heavy atom. The van der Waals surface area contributed by atoms with Gasteiger partial charge in [0, 0.05) is 25.6 Å². The number of anilines is 1. The van der Waals surface area contributed by atoms with Crippen molar-refractivity contribution in [3.05, 3.63) is 60.4 Å². The Morgan fingerprint density at radius 2 is 1.95 bits per heavy atom. The quantitative estimate of drug-likeness (QED) is 0.823. The van der Waals surface area contributed by atoms with Crippen molar-refractivity contribution in [2.75, 3.05) is 11.4 Å². The van der Waals surface area contributed by atoms with Gasteiger partial charge in [-0.3, -0.25) is 9.78 Å². The molecule has 3 nitrogen and oxygen atoms in total. The summed E-state index contributed by atoms with van der Waals surface area (Å²) in [5.41, 5.74) is 2.28. The maximum Gasteiger partial charge on any atom is 0.137 e. The van der Waals surface area contributed by atoms with Gasteiger partial charge in [0.25, 0.3) is 0 Å². The second kappa shape index (κ2) is 5.22. The van der Waals surface area contributed by atoms with Crippen molar-refractivity contribution in [1.29, 1.82) is 0 Å². The summed E-state index contributed by atoms with van der Waals surface area (Å²) in [6.45, 7) is 0.768. The highest BCUT2D eigenvalue weighted by molar-refractivity contribution is 5.82. The molecule has 3 rings (SSSR count). The van der Waals surface area contributed by atoms with Crippen molar-refractivity contribution in [1.82, 2.24) is 4.98 Å². The van der Waals surface area contributed by atoms with Crippen LogP contribution in [-0.2, 0) is 4.79 Å². The van der Waals surface area contributed by atoms with Gasteiger partial charge >= 0.3 is 0 Å². The summed E-state index contributed by atoms with van der Waals surface area (Å²) >= 11 is 0. The molecule has 0 bridgehead atoms. The van der Waals surface area contributed by atoms with Gasteiger partial charge in [0.1, 0.15) is 5.78 Å². The molecule has 2 heterocycles. The molecule has 1 saturated heterocycles. The van der Waals surface area contributed by atoms with E-state index in [0.29, 0.717) is 18.6 Å². The number of piperidine rings is 1. The van der Waals surface area contributed by atoms with Crippen LogP contribution in [0.15, 0.2) is 54.9 Å². The zero-order chi connectivity index (χ0) is 13.1. The van der Waals surface area contributed by atoms with Crippen molar-refractivity contribution in [3.63, 3.8) is 0 Å². The number of aromatic nitrogens is 1. The number of carbonyl (C=O) groups is 1. The summed E-state index contributed by atoms with van der Waals surface area (Å²) < 4.78 is 0. The van der Waals surface area contributed by atoms with E-state index in [4.69, 9.17) is 0 Å². The van der Waals surface area contributed by atoms with Crippen LogP contribution in [0.5, 0.6) is 0 Å². The minimum Gasteiger partial charge on any atom is -0.362 e. The molecule has 0 radical (unpaired) electrons. The minimum absolute atomic E-state index is 0.131. The van der Waals surface area contributed by atoms with E-state index < -0.39 is 0 Å². The highest BCUT2D eigenvalue weighted by atomic mass is 16.1. The standard InChI is InChI=1S/C16H16N2O/c19-15-8-10-18(14-7-4-9-17-12-14)16(11-15)13-5-2-1-3-6-13/h1-7,9,12,16H,8,10-11H2. The second-order valence-corrected chi connectivity index (χ2v) is 4.82. The molecule has 96 valence electrons. The van der Waals surface area contributed by atoms with Crippen molar-refractivity contribution in [3.8, 4) is 0 Å². The normalized spacial score (nSPS) is 19.5. The predicted octanol–water partition coefficient (Wildman–Crippen LogP) is 2.99. The van der Waals surface area contributed by atoms with Crippen molar-refractivity contribution >= 4 is 11.5 Å². The molecule has 19 heavy (non-hydrogen) atoms. The fourth-order valence-electron chi connectivity index (χ4n) is 2.63. The number of carbonyl (C=O) groups excluding carboxylic acids is 1. The Morgan fingerprint density at radius 3 is 2.68 bits per heavy atom. The van der Waals surface area contributed by atoms with E-state index in [0.717, 1.165) is 12.2 Å². The fourth-order valence-corrected chi connectivity index (χ4v) is 2.63. The molecular formula is C16H16N2O. The number of benzene rings is 1. The lowest BCUT2D eigenvalue weighted by molar-refractivity contribution is -0.120. The molecule has 1 aliphatic heterocycles.